The molecule has 0 aliphatic carbocycles. The Hall–Kier alpha value is -1.36. The normalized spacial score (nSPS) is 14.4. The molecule has 3 N–H and O–H groups in total. The molecule has 90 valence electrons. The van der Waals surface area contributed by atoms with Crippen LogP contribution >= 0.6 is 0 Å². The van der Waals surface area contributed by atoms with Crippen molar-refractivity contribution in [1.82, 2.24) is 15.1 Å². The molecule has 0 aliphatic rings. The molecule has 0 saturated heterocycles. The third-order valence-corrected chi connectivity index (χ3v) is 2.62. The van der Waals surface area contributed by atoms with Crippen molar-refractivity contribution in [1.29, 1.82) is 0 Å². The van der Waals surface area contributed by atoms with Gasteiger partial charge in [-0.1, -0.05) is 6.92 Å². The second-order valence-electron chi connectivity index (χ2n) is 4.06. The minimum absolute atomic E-state index is 0.0236. The Morgan fingerprint density at radius 3 is 2.88 bits per heavy atom. The van der Waals surface area contributed by atoms with Gasteiger partial charge >= 0.3 is 0 Å². The van der Waals surface area contributed by atoms with Crippen LogP contribution in [0.15, 0.2) is 18.5 Å². The average molecular weight is 224 g/mol. The summed E-state index contributed by atoms with van der Waals surface area (Å²) in [6, 6.07) is 1.78. The quantitative estimate of drug-likeness (QED) is 0.686. The minimum Gasteiger partial charge on any atom is -0.356 e. The van der Waals surface area contributed by atoms with Gasteiger partial charge in [-0.3, -0.25) is 9.48 Å². The number of amides is 1. The Kier molecular flexibility index (Phi) is 4.98. The first-order valence-electron chi connectivity index (χ1n) is 5.62. The number of nitrogens with zero attached hydrogens (tertiary/aromatic N) is 2. The van der Waals surface area contributed by atoms with Crippen LogP contribution in [0.4, 0.5) is 0 Å². The highest BCUT2D eigenvalue weighted by Gasteiger charge is 2.15. The Labute approximate surface area is 96.0 Å². The molecule has 0 aromatic carbocycles. The molecule has 2 unspecified atom stereocenters. The third kappa shape index (κ3) is 4.02. The van der Waals surface area contributed by atoms with Crippen molar-refractivity contribution in [3.05, 3.63) is 18.5 Å². The molecule has 16 heavy (non-hydrogen) atoms. The van der Waals surface area contributed by atoms with E-state index in [1.165, 1.54) is 0 Å². The van der Waals surface area contributed by atoms with Crippen LogP contribution < -0.4 is 11.1 Å². The molecular weight excluding hydrogens is 204 g/mol. The third-order valence-electron chi connectivity index (χ3n) is 2.62. The Balaban J connectivity index is 2.13. The van der Waals surface area contributed by atoms with E-state index in [-0.39, 0.29) is 17.9 Å². The highest BCUT2D eigenvalue weighted by atomic mass is 16.1. The molecule has 0 saturated carbocycles. The summed E-state index contributed by atoms with van der Waals surface area (Å²) in [6.45, 7) is 5.16. The summed E-state index contributed by atoms with van der Waals surface area (Å²) < 4.78 is 1.85. The molecule has 0 fully saturated rings. The van der Waals surface area contributed by atoms with Gasteiger partial charge in [-0.15, -0.1) is 0 Å². The predicted octanol–water partition coefficient (Wildman–Crippen LogP) is 0.373. The van der Waals surface area contributed by atoms with Gasteiger partial charge in [-0.2, -0.15) is 5.10 Å². The van der Waals surface area contributed by atoms with Gasteiger partial charge in [0.1, 0.15) is 0 Å². The van der Waals surface area contributed by atoms with Crippen LogP contribution in [0.3, 0.4) is 0 Å². The first kappa shape index (κ1) is 12.7. The van der Waals surface area contributed by atoms with E-state index < -0.39 is 0 Å². The van der Waals surface area contributed by atoms with E-state index in [2.05, 4.69) is 10.4 Å². The number of hydrogen-bond acceptors (Lipinski definition) is 3. The van der Waals surface area contributed by atoms with E-state index >= 15 is 0 Å². The Morgan fingerprint density at radius 1 is 1.56 bits per heavy atom. The molecular formula is C11H20N4O. The fourth-order valence-electron chi connectivity index (χ4n) is 1.29. The monoisotopic (exact) mass is 224 g/mol. The lowest BCUT2D eigenvalue weighted by Gasteiger charge is -2.15. The highest BCUT2D eigenvalue weighted by Crippen LogP contribution is 1.99. The SMILES string of the molecule is CC(N)C(C)C(=O)NCCCn1cccn1. The van der Waals surface area contributed by atoms with Crippen LogP contribution in [0.5, 0.6) is 0 Å². The lowest BCUT2D eigenvalue weighted by Crippen LogP contribution is -2.39. The van der Waals surface area contributed by atoms with Gasteiger partial charge in [-0.25, -0.2) is 0 Å². The highest BCUT2D eigenvalue weighted by molar-refractivity contribution is 5.78. The van der Waals surface area contributed by atoms with Crippen molar-refractivity contribution in [2.24, 2.45) is 11.7 Å². The molecule has 1 rings (SSSR count). The number of carbonyl (C=O) groups excluding carboxylic acids is 1. The first-order chi connectivity index (χ1) is 7.61. The maximum atomic E-state index is 11.5. The van der Waals surface area contributed by atoms with Crippen LogP contribution in [0.25, 0.3) is 0 Å². The van der Waals surface area contributed by atoms with Gasteiger partial charge in [0.05, 0.1) is 0 Å². The molecule has 0 radical (unpaired) electrons. The number of nitrogens with two attached hydrogens (primary N) is 1. The molecule has 1 amide bonds. The molecule has 0 bridgehead atoms. The van der Waals surface area contributed by atoms with Crippen LogP contribution in [0.2, 0.25) is 0 Å². The standard InChI is InChI=1S/C11H20N4O/c1-9(10(2)12)11(16)13-5-3-7-15-8-4-6-14-15/h4,6,8-10H,3,5,7,12H2,1-2H3,(H,13,16). The zero-order valence-electron chi connectivity index (χ0n) is 9.89. The van der Waals surface area contributed by atoms with Gasteiger partial charge in [-0.05, 0) is 19.4 Å². The van der Waals surface area contributed by atoms with Gasteiger partial charge in [0, 0.05) is 37.4 Å². The summed E-state index contributed by atoms with van der Waals surface area (Å²) in [6.07, 6.45) is 4.53. The molecule has 1 aromatic heterocycles. The number of aryl methyl sites for hydroxylation is 1. The van der Waals surface area contributed by atoms with Gasteiger partial charge in [0.15, 0.2) is 0 Å². The Bertz CT molecular complexity index is 308. The van der Waals surface area contributed by atoms with Crippen LogP contribution in [0.1, 0.15) is 20.3 Å². The molecule has 1 heterocycles. The lowest BCUT2D eigenvalue weighted by molar-refractivity contribution is -0.124. The molecule has 5 heteroatoms. The summed E-state index contributed by atoms with van der Waals surface area (Å²) in [5, 5.41) is 6.95. The van der Waals surface area contributed by atoms with E-state index in [0.29, 0.717) is 6.54 Å². The van der Waals surface area contributed by atoms with E-state index in [0.717, 1.165) is 13.0 Å². The maximum absolute atomic E-state index is 11.5. The van der Waals surface area contributed by atoms with Crippen molar-refractivity contribution in [3.63, 3.8) is 0 Å². The number of carbonyl (C=O) groups is 1. The van der Waals surface area contributed by atoms with Crippen LogP contribution in [-0.4, -0.2) is 28.3 Å². The van der Waals surface area contributed by atoms with Crippen molar-refractivity contribution < 1.29 is 4.79 Å². The lowest BCUT2D eigenvalue weighted by atomic mass is 10.0. The summed E-state index contributed by atoms with van der Waals surface area (Å²) >= 11 is 0. The maximum Gasteiger partial charge on any atom is 0.224 e. The molecule has 5 nitrogen and oxygen atoms in total. The number of hydrogen-bond donors (Lipinski definition) is 2. The van der Waals surface area contributed by atoms with E-state index in [4.69, 9.17) is 5.73 Å². The number of rotatable bonds is 6. The fraction of sp³-hybridized carbons (Fsp3) is 0.636. The molecule has 0 aliphatic heterocycles. The van der Waals surface area contributed by atoms with Crippen molar-refractivity contribution in [3.8, 4) is 0 Å². The summed E-state index contributed by atoms with van der Waals surface area (Å²) in [5.41, 5.74) is 5.64. The second-order valence-corrected chi connectivity index (χ2v) is 4.06. The zero-order valence-corrected chi connectivity index (χ0v) is 9.89. The average Bonchev–Trinajstić information content (AvgIpc) is 2.75. The van der Waals surface area contributed by atoms with E-state index in [1.807, 2.05) is 30.8 Å². The van der Waals surface area contributed by atoms with Crippen molar-refractivity contribution in [2.75, 3.05) is 6.54 Å². The number of nitrogens with one attached hydrogen (secondary N) is 1. The predicted molar refractivity (Wildman–Crippen MR) is 62.7 cm³/mol. The van der Waals surface area contributed by atoms with E-state index in [1.54, 1.807) is 6.20 Å². The summed E-state index contributed by atoms with van der Waals surface area (Å²) in [4.78, 5) is 11.5. The van der Waals surface area contributed by atoms with Crippen LogP contribution in [0, 0.1) is 5.92 Å². The summed E-state index contributed by atoms with van der Waals surface area (Å²) in [7, 11) is 0. The minimum atomic E-state index is -0.135. The number of aromatic nitrogens is 2. The molecule has 2 atom stereocenters. The second kappa shape index (κ2) is 6.27. The topological polar surface area (TPSA) is 72.9 Å². The smallest absolute Gasteiger partial charge is 0.224 e. The zero-order chi connectivity index (χ0) is 12.0. The van der Waals surface area contributed by atoms with Crippen molar-refractivity contribution >= 4 is 5.91 Å². The van der Waals surface area contributed by atoms with Gasteiger partial charge < -0.3 is 11.1 Å². The Morgan fingerprint density at radius 2 is 2.31 bits per heavy atom. The van der Waals surface area contributed by atoms with E-state index in [9.17, 15) is 4.79 Å². The van der Waals surface area contributed by atoms with Gasteiger partial charge in [0.25, 0.3) is 0 Å². The molecule has 1 aromatic rings. The van der Waals surface area contributed by atoms with Crippen molar-refractivity contribution in [2.45, 2.75) is 32.9 Å². The molecule has 0 spiro atoms. The largest absolute Gasteiger partial charge is 0.356 e. The first-order valence-corrected chi connectivity index (χ1v) is 5.62. The van der Waals surface area contributed by atoms with Crippen LogP contribution in [-0.2, 0) is 11.3 Å². The fourth-order valence-corrected chi connectivity index (χ4v) is 1.29. The van der Waals surface area contributed by atoms with Gasteiger partial charge in [0.2, 0.25) is 5.91 Å². The summed E-state index contributed by atoms with van der Waals surface area (Å²) in [5.74, 6) is -0.111.